The molecule has 17 unspecified atom stereocenters. The Labute approximate surface area is 259 Å². The van der Waals surface area contributed by atoms with Crippen molar-refractivity contribution in [1.82, 2.24) is 5.32 Å². The number of ether oxygens (including phenoxy) is 6. The van der Waals surface area contributed by atoms with E-state index in [2.05, 4.69) is 5.32 Å². The number of aliphatic hydroxyl groups is 4. The van der Waals surface area contributed by atoms with Crippen LogP contribution < -0.4 is 11.1 Å². The smallest absolute Gasteiger partial charge is 0.333 e. The number of rotatable bonds is 13. The molecule has 0 aromatic rings. The SMILES string of the molecule is CCC1C(N)C(C)OC(COCC2C(C(=O)O)OC(COC(O)C3C4C(C(=O)O)OC(OC)C(O)C34)C(O)C2O)C1NC(C)=O. The van der Waals surface area contributed by atoms with Crippen molar-refractivity contribution in [3.8, 4) is 0 Å². The molecule has 1 aliphatic carbocycles. The Morgan fingerprint density at radius 3 is 2.13 bits per heavy atom. The Morgan fingerprint density at radius 2 is 1.56 bits per heavy atom. The summed E-state index contributed by atoms with van der Waals surface area (Å²) in [5.41, 5.74) is 6.30. The fourth-order valence-electron chi connectivity index (χ4n) is 7.17. The average Bonchev–Trinajstić information content (AvgIpc) is 3.73. The van der Waals surface area contributed by atoms with Gasteiger partial charge in [0, 0.05) is 43.7 Å². The normalized spacial score (nSPS) is 45.3. The van der Waals surface area contributed by atoms with Gasteiger partial charge in [0.15, 0.2) is 24.8 Å². The minimum absolute atomic E-state index is 0.0660. The topological polar surface area (TPSA) is 266 Å². The quantitative estimate of drug-likeness (QED) is 0.0915. The highest BCUT2D eigenvalue weighted by Gasteiger charge is 2.68. The molecule has 0 aromatic carbocycles. The Bertz CT molecular complexity index is 1050. The highest BCUT2D eigenvalue weighted by molar-refractivity contribution is 5.74. The lowest BCUT2D eigenvalue weighted by Gasteiger charge is -2.45. The van der Waals surface area contributed by atoms with Crippen LogP contribution in [0, 0.1) is 29.6 Å². The number of carbonyl (C=O) groups excluding carboxylic acids is 1. The minimum atomic E-state index is -1.64. The standard InChI is InChI=1S/C28H46N2O15/c1-5-11-18(29)9(2)43-13(19(11)30-10(3)31)7-41-6-12-20(32)21(33)14(44-23(12)25(35)36)8-42-27(39)17-15-16(17)24(26(37)38)45-28(40-4)22(15)34/h9,11-24,27-28,32-34,39H,5-8,29H2,1-4H3,(H,30,31)(H,35,36)(H,37,38). The number of aliphatic carboxylic acids is 2. The number of carboxylic acid groups (broad SMARTS) is 2. The van der Waals surface area contributed by atoms with E-state index in [9.17, 15) is 45.0 Å². The molecule has 9 N–H and O–H groups in total. The summed E-state index contributed by atoms with van der Waals surface area (Å²) in [6, 6.07) is -0.793. The zero-order valence-corrected chi connectivity index (χ0v) is 25.6. The number of nitrogens with two attached hydrogens (primary N) is 1. The zero-order valence-electron chi connectivity index (χ0n) is 25.6. The lowest BCUT2D eigenvalue weighted by molar-refractivity contribution is -0.242. The summed E-state index contributed by atoms with van der Waals surface area (Å²) in [5.74, 6) is -6.65. The van der Waals surface area contributed by atoms with Crippen LogP contribution in [0.4, 0.5) is 0 Å². The van der Waals surface area contributed by atoms with Gasteiger partial charge in [-0.05, 0) is 19.3 Å². The average molecular weight is 651 g/mol. The van der Waals surface area contributed by atoms with Crippen molar-refractivity contribution in [2.75, 3.05) is 26.9 Å². The Balaban J connectivity index is 1.35. The van der Waals surface area contributed by atoms with Crippen LogP contribution in [-0.4, -0.2) is 149 Å². The fourth-order valence-corrected chi connectivity index (χ4v) is 7.17. The molecule has 1 saturated carbocycles. The number of aliphatic hydroxyl groups excluding tert-OH is 4. The number of hydrogen-bond donors (Lipinski definition) is 8. The maximum Gasteiger partial charge on any atom is 0.333 e. The second-order valence-corrected chi connectivity index (χ2v) is 12.3. The van der Waals surface area contributed by atoms with Gasteiger partial charge in [-0.15, -0.1) is 0 Å². The predicted octanol–water partition coefficient (Wildman–Crippen LogP) is -3.15. The summed E-state index contributed by atoms with van der Waals surface area (Å²) >= 11 is 0. The molecule has 45 heavy (non-hydrogen) atoms. The molecule has 0 aromatic heterocycles. The van der Waals surface area contributed by atoms with E-state index in [0.29, 0.717) is 6.42 Å². The van der Waals surface area contributed by atoms with E-state index >= 15 is 0 Å². The number of carboxylic acids is 2. The van der Waals surface area contributed by atoms with Crippen LogP contribution in [0.3, 0.4) is 0 Å². The summed E-state index contributed by atoms with van der Waals surface area (Å²) in [4.78, 5) is 35.7. The molecule has 0 radical (unpaired) electrons. The largest absolute Gasteiger partial charge is 0.479 e. The first-order valence-electron chi connectivity index (χ1n) is 15.1. The lowest BCUT2D eigenvalue weighted by atomic mass is 9.81. The van der Waals surface area contributed by atoms with Gasteiger partial charge in [-0.3, -0.25) is 4.79 Å². The molecule has 0 bridgehead atoms. The fraction of sp³-hybridized carbons (Fsp3) is 0.893. The van der Waals surface area contributed by atoms with Crippen molar-refractivity contribution >= 4 is 17.8 Å². The van der Waals surface area contributed by atoms with Gasteiger partial charge in [-0.25, -0.2) is 9.59 Å². The van der Waals surface area contributed by atoms with Crippen molar-refractivity contribution in [1.29, 1.82) is 0 Å². The first-order valence-corrected chi connectivity index (χ1v) is 15.1. The summed E-state index contributed by atoms with van der Waals surface area (Å²) in [5, 5.41) is 65.1. The van der Waals surface area contributed by atoms with Gasteiger partial charge in [-0.2, -0.15) is 0 Å². The van der Waals surface area contributed by atoms with Gasteiger partial charge in [0.05, 0.1) is 38.1 Å². The molecule has 4 rings (SSSR count). The Hall–Kier alpha value is -2.03. The van der Waals surface area contributed by atoms with Crippen LogP contribution in [0.5, 0.6) is 0 Å². The van der Waals surface area contributed by atoms with Crippen LogP contribution in [0.15, 0.2) is 0 Å². The first-order chi connectivity index (χ1) is 21.2. The van der Waals surface area contributed by atoms with Gasteiger partial charge in [0.1, 0.15) is 24.4 Å². The highest BCUT2D eigenvalue weighted by Crippen LogP contribution is 2.57. The highest BCUT2D eigenvalue weighted by atomic mass is 16.7. The molecule has 3 aliphatic heterocycles. The number of methoxy groups -OCH3 is 1. The molecule has 258 valence electrons. The molecule has 3 heterocycles. The van der Waals surface area contributed by atoms with Crippen LogP contribution >= 0.6 is 0 Å². The van der Waals surface area contributed by atoms with Crippen molar-refractivity contribution < 1.29 is 73.4 Å². The molecule has 17 heteroatoms. The predicted molar refractivity (Wildman–Crippen MR) is 148 cm³/mol. The third-order valence-electron chi connectivity index (χ3n) is 9.58. The maximum absolute atomic E-state index is 12.1. The van der Waals surface area contributed by atoms with E-state index in [1.54, 1.807) is 0 Å². The second-order valence-electron chi connectivity index (χ2n) is 12.3. The summed E-state index contributed by atoms with van der Waals surface area (Å²) in [6.45, 7) is 4.18. The third kappa shape index (κ3) is 7.43. The Kier molecular flexibility index (Phi) is 11.8. The van der Waals surface area contributed by atoms with E-state index in [-0.39, 0.29) is 37.2 Å². The van der Waals surface area contributed by atoms with Crippen LogP contribution in [0.25, 0.3) is 0 Å². The van der Waals surface area contributed by atoms with Crippen LogP contribution in [0.1, 0.15) is 27.2 Å². The molecular formula is C28H46N2O15. The molecule has 4 aliphatic rings. The number of nitrogens with one attached hydrogen (secondary N) is 1. The van der Waals surface area contributed by atoms with Crippen molar-refractivity contribution in [2.24, 2.45) is 35.3 Å². The van der Waals surface area contributed by atoms with Gasteiger partial charge >= 0.3 is 11.9 Å². The zero-order chi connectivity index (χ0) is 33.3. The van der Waals surface area contributed by atoms with Crippen LogP contribution in [0.2, 0.25) is 0 Å². The van der Waals surface area contributed by atoms with Gasteiger partial charge < -0.3 is 70.1 Å². The number of hydrogen-bond acceptors (Lipinski definition) is 14. The molecule has 3 saturated heterocycles. The Morgan fingerprint density at radius 1 is 0.889 bits per heavy atom. The molecule has 1 amide bonds. The van der Waals surface area contributed by atoms with E-state index in [1.807, 2.05) is 13.8 Å². The van der Waals surface area contributed by atoms with E-state index in [4.69, 9.17) is 34.2 Å². The van der Waals surface area contributed by atoms with E-state index < -0.39 is 104 Å². The number of carbonyl (C=O) groups is 3. The summed E-state index contributed by atoms with van der Waals surface area (Å²) in [7, 11) is 1.24. The molecule has 0 spiro atoms. The summed E-state index contributed by atoms with van der Waals surface area (Å²) < 4.78 is 33.1. The lowest BCUT2D eigenvalue weighted by Crippen LogP contribution is -2.63. The van der Waals surface area contributed by atoms with Crippen molar-refractivity contribution in [2.45, 2.75) is 101 Å². The van der Waals surface area contributed by atoms with Gasteiger partial charge in [-0.1, -0.05) is 6.92 Å². The number of amides is 1. The van der Waals surface area contributed by atoms with E-state index in [1.165, 1.54) is 14.0 Å². The molecule has 17 nitrogen and oxygen atoms in total. The van der Waals surface area contributed by atoms with Crippen LogP contribution in [-0.2, 0) is 42.8 Å². The van der Waals surface area contributed by atoms with E-state index in [0.717, 1.165) is 0 Å². The molecule has 17 atom stereocenters. The second kappa shape index (κ2) is 14.8. The summed E-state index contributed by atoms with van der Waals surface area (Å²) in [6.07, 6.45) is -12.0. The number of fused-ring (bicyclic) bond motifs is 1. The van der Waals surface area contributed by atoms with Crippen molar-refractivity contribution in [3.63, 3.8) is 0 Å². The van der Waals surface area contributed by atoms with Crippen molar-refractivity contribution in [3.05, 3.63) is 0 Å². The monoisotopic (exact) mass is 650 g/mol. The molecular weight excluding hydrogens is 604 g/mol. The molecule has 4 fully saturated rings. The first kappa shape index (κ1) is 35.8. The third-order valence-corrected chi connectivity index (χ3v) is 9.58. The minimum Gasteiger partial charge on any atom is -0.479 e. The van der Waals surface area contributed by atoms with Gasteiger partial charge in [0.25, 0.3) is 0 Å². The maximum atomic E-state index is 12.1. The van der Waals surface area contributed by atoms with Gasteiger partial charge in [0.2, 0.25) is 5.91 Å².